The molecule has 0 spiro atoms. The minimum Gasteiger partial charge on any atom is -0.339 e. The number of benzene rings is 3. The molecule has 5 rings (SSSR count). The van der Waals surface area contributed by atoms with Crippen LogP contribution in [0.3, 0.4) is 0 Å². The summed E-state index contributed by atoms with van der Waals surface area (Å²) in [6.45, 7) is 4.31. The molecule has 1 fully saturated rings. The summed E-state index contributed by atoms with van der Waals surface area (Å²) in [5.74, 6) is 0.281. The molecule has 4 aromatic rings. The summed E-state index contributed by atoms with van der Waals surface area (Å²) in [7, 11) is 0. The van der Waals surface area contributed by atoms with Gasteiger partial charge in [0.25, 0.3) is 0 Å². The van der Waals surface area contributed by atoms with E-state index in [4.69, 9.17) is 0 Å². The molecule has 1 saturated carbocycles. The van der Waals surface area contributed by atoms with Crippen molar-refractivity contribution in [2.45, 2.75) is 63.2 Å². The Balaban J connectivity index is 1.28. The molecule has 39 heavy (non-hydrogen) atoms. The van der Waals surface area contributed by atoms with Gasteiger partial charge in [-0.1, -0.05) is 61.4 Å². The first kappa shape index (κ1) is 26.9. The molecule has 1 amide bonds. The first-order valence-electron chi connectivity index (χ1n) is 13.6. The first-order chi connectivity index (χ1) is 19.0. The second kappa shape index (κ2) is 12.5. The van der Waals surface area contributed by atoms with E-state index >= 15 is 0 Å². The Morgan fingerprint density at radius 3 is 2.31 bits per heavy atom. The van der Waals surface area contributed by atoms with Gasteiger partial charge in [-0.15, -0.1) is 10.2 Å². The number of nitrogens with zero attached hydrogens (tertiary/aromatic N) is 4. The number of hydrogen-bond donors (Lipinski definition) is 1. The van der Waals surface area contributed by atoms with Crippen LogP contribution in [0.4, 0.5) is 21.5 Å². The maximum Gasteiger partial charge on any atom is 0.234 e. The maximum absolute atomic E-state index is 14.7. The van der Waals surface area contributed by atoms with Gasteiger partial charge < -0.3 is 10.2 Å². The Bertz CT molecular complexity index is 1380. The van der Waals surface area contributed by atoms with Crippen LogP contribution < -0.4 is 10.2 Å². The largest absolute Gasteiger partial charge is 0.339 e. The van der Waals surface area contributed by atoms with Crippen molar-refractivity contribution in [2.75, 3.05) is 16.0 Å². The molecule has 1 heterocycles. The maximum atomic E-state index is 14.7. The van der Waals surface area contributed by atoms with Gasteiger partial charge in [0.05, 0.1) is 11.3 Å². The fourth-order valence-corrected chi connectivity index (χ4v) is 6.04. The fraction of sp³-hybridized carbons (Fsp3) is 0.323. The van der Waals surface area contributed by atoms with E-state index in [0.717, 1.165) is 42.7 Å². The molecule has 6 nitrogen and oxygen atoms in total. The second-order valence-electron chi connectivity index (χ2n) is 10.1. The highest BCUT2D eigenvalue weighted by atomic mass is 32.2. The molecule has 1 aliphatic carbocycles. The molecule has 0 bridgehead atoms. The Labute approximate surface area is 233 Å². The summed E-state index contributed by atoms with van der Waals surface area (Å²) in [5.41, 5.74) is 3.36. The molecular weight excluding hydrogens is 509 g/mol. The first-order valence-corrected chi connectivity index (χ1v) is 14.6. The van der Waals surface area contributed by atoms with Crippen molar-refractivity contribution in [1.29, 1.82) is 0 Å². The number of aromatic nitrogens is 3. The van der Waals surface area contributed by atoms with Crippen LogP contribution in [0.5, 0.6) is 0 Å². The average Bonchev–Trinajstić information content (AvgIpc) is 3.38. The number of para-hydroxylation sites is 1. The lowest BCUT2D eigenvalue weighted by Gasteiger charge is -2.29. The molecule has 0 atom stereocenters. The molecule has 0 unspecified atom stereocenters. The number of halogens is 1. The predicted molar refractivity (Wildman–Crippen MR) is 157 cm³/mol. The molecule has 0 radical (unpaired) electrons. The smallest absolute Gasteiger partial charge is 0.234 e. The summed E-state index contributed by atoms with van der Waals surface area (Å²) in [6, 6.07) is 25.3. The van der Waals surface area contributed by atoms with E-state index in [0.29, 0.717) is 16.5 Å². The van der Waals surface area contributed by atoms with Crippen LogP contribution in [0.25, 0.3) is 11.4 Å². The van der Waals surface area contributed by atoms with Crippen molar-refractivity contribution in [3.63, 3.8) is 0 Å². The SMILES string of the molecule is CC(C)N(c1ccccc1)c1ccc(NC(=O)CSc2nnc(-c3ccccc3F)n2C2CCCCC2)cc1. The Kier molecular flexibility index (Phi) is 8.61. The van der Waals surface area contributed by atoms with Crippen LogP contribution >= 0.6 is 11.8 Å². The highest BCUT2D eigenvalue weighted by Crippen LogP contribution is 2.36. The number of amides is 1. The van der Waals surface area contributed by atoms with Crippen molar-refractivity contribution in [1.82, 2.24) is 14.8 Å². The number of carbonyl (C=O) groups excluding carboxylic acids is 1. The van der Waals surface area contributed by atoms with Gasteiger partial charge in [0.1, 0.15) is 5.82 Å². The van der Waals surface area contributed by atoms with Crippen molar-refractivity contribution in [2.24, 2.45) is 0 Å². The molecule has 0 aliphatic heterocycles. The van der Waals surface area contributed by atoms with Gasteiger partial charge in [0.2, 0.25) is 5.91 Å². The molecular formula is C31H34FN5OS. The molecule has 0 saturated heterocycles. The summed E-state index contributed by atoms with van der Waals surface area (Å²) >= 11 is 1.35. The lowest BCUT2D eigenvalue weighted by molar-refractivity contribution is -0.113. The van der Waals surface area contributed by atoms with Crippen LogP contribution in [-0.2, 0) is 4.79 Å². The minimum atomic E-state index is -0.317. The van der Waals surface area contributed by atoms with Crippen LogP contribution in [-0.4, -0.2) is 32.5 Å². The van der Waals surface area contributed by atoms with E-state index in [1.807, 2.05) is 53.1 Å². The van der Waals surface area contributed by atoms with E-state index in [1.165, 1.54) is 24.2 Å². The van der Waals surface area contributed by atoms with Gasteiger partial charge in [-0.25, -0.2) is 4.39 Å². The normalized spacial score (nSPS) is 13.9. The Morgan fingerprint density at radius 2 is 1.62 bits per heavy atom. The third kappa shape index (κ3) is 6.33. The van der Waals surface area contributed by atoms with Crippen LogP contribution in [0, 0.1) is 5.82 Å². The average molecular weight is 544 g/mol. The van der Waals surface area contributed by atoms with Gasteiger partial charge in [-0.05, 0) is 75.2 Å². The van der Waals surface area contributed by atoms with Gasteiger partial charge in [-0.3, -0.25) is 9.36 Å². The van der Waals surface area contributed by atoms with Gasteiger partial charge in [0.15, 0.2) is 11.0 Å². The summed E-state index contributed by atoms with van der Waals surface area (Å²) < 4.78 is 16.7. The number of rotatable bonds is 9. The fourth-order valence-electron chi connectivity index (χ4n) is 5.24. The van der Waals surface area contributed by atoms with Crippen molar-refractivity contribution < 1.29 is 9.18 Å². The third-order valence-electron chi connectivity index (χ3n) is 7.03. The second-order valence-corrected chi connectivity index (χ2v) is 11.1. The highest BCUT2D eigenvalue weighted by molar-refractivity contribution is 7.99. The minimum absolute atomic E-state index is 0.123. The molecule has 202 valence electrons. The van der Waals surface area contributed by atoms with Gasteiger partial charge >= 0.3 is 0 Å². The number of thioether (sulfide) groups is 1. The number of hydrogen-bond acceptors (Lipinski definition) is 5. The number of nitrogens with one attached hydrogen (secondary N) is 1. The lowest BCUT2D eigenvalue weighted by Crippen LogP contribution is -2.25. The topological polar surface area (TPSA) is 63.1 Å². The highest BCUT2D eigenvalue weighted by Gasteiger charge is 2.25. The van der Waals surface area contributed by atoms with E-state index in [9.17, 15) is 9.18 Å². The quantitative estimate of drug-likeness (QED) is 0.218. The van der Waals surface area contributed by atoms with Gasteiger partial charge in [0, 0.05) is 29.1 Å². The van der Waals surface area contributed by atoms with Crippen LogP contribution in [0.2, 0.25) is 0 Å². The molecule has 8 heteroatoms. The Hall–Kier alpha value is -3.65. The molecule has 1 aromatic heterocycles. The lowest BCUT2D eigenvalue weighted by atomic mass is 9.95. The summed E-state index contributed by atoms with van der Waals surface area (Å²) in [4.78, 5) is 15.1. The van der Waals surface area contributed by atoms with Crippen LogP contribution in [0.15, 0.2) is 84.0 Å². The molecule has 3 aromatic carbocycles. The number of carbonyl (C=O) groups is 1. The van der Waals surface area contributed by atoms with Crippen molar-refractivity contribution in [3.8, 4) is 11.4 Å². The van der Waals surface area contributed by atoms with Crippen molar-refractivity contribution >= 4 is 34.7 Å². The zero-order valence-corrected chi connectivity index (χ0v) is 23.2. The summed E-state index contributed by atoms with van der Waals surface area (Å²) in [6.07, 6.45) is 5.46. The molecule has 1 N–H and O–H groups in total. The zero-order chi connectivity index (χ0) is 27.2. The van der Waals surface area contributed by atoms with Crippen LogP contribution in [0.1, 0.15) is 52.0 Å². The standard InChI is InChI=1S/C31H34FN5OS/c1-22(2)36(24-11-5-3-6-12-24)26-19-17-23(18-20-26)33-29(38)21-39-31-35-34-30(27-15-9-10-16-28(27)32)37(31)25-13-7-4-8-14-25/h3,5-6,9-12,15-20,22,25H,4,7-8,13-14,21H2,1-2H3,(H,33,38). The molecule has 1 aliphatic rings. The van der Waals surface area contributed by atoms with E-state index in [-0.39, 0.29) is 29.6 Å². The van der Waals surface area contributed by atoms with Crippen molar-refractivity contribution in [3.05, 3.63) is 84.7 Å². The predicted octanol–water partition coefficient (Wildman–Crippen LogP) is 7.87. The van der Waals surface area contributed by atoms with E-state index < -0.39 is 0 Å². The summed E-state index contributed by atoms with van der Waals surface area (Å²) in [5, 5.41) is 12.4. The third-order valence-corrected chi connectivity index (χ3v) is 7.97. The van der Waals surface area contributed by atoms with E-state index in [1.54, 1.807) is 12.1 Å². The number of anilines is 3. The monoisotopic (exact) mass is 543 g/mol. The van der Waals surface area contributed by atoms with Gasteiger partial charge in [-0.2, -0.15) is 0 Å². The Morgan fingerprint density at radius 1 is 0.949 bits per heavy atom. The zero-order valence-electron chi connectivity index (χ0n) is 22.4. The van der Waals surface area contributed by atoms with E-state index in [2.05, 4.69) is 46.4 Å².